The average Bonchev–Trinajstić information content (AvgIpc) is 3.42. The van der Waals surface area contributed by atoms with Crippen LogP contribution in [0.5, 0.6) is 0 Å². The summed E-state index contributed by atoms with van der Waals surface area (Å²) in [6.07, 6.45) is -1.18. The van der Waals surface area contributed by atoms with Crippen LogP contribution in [0.25, 0.3) is 5.70 Å². The lowest BCUT2D eigenvalue weighted by Gasteiger charge is -2.13. The van der Waals surface area contributed by atoms with Gasteiger partial charge in [-0.3, -0.25) is 4.79 Å². The quantitative estimate of drug-likeness (QED) is 0.303. The lowest BCUT2D eigenvalue weighted by atomic mass is 10.1. The van der Waals surface area contributed by atoms with Gasteiger partial charge in [-0.1, -0.05) is 65.9 Å². The second-order valence-electron chi connectivity index (χ2n) is 7.43. The van der Waals surface area contributed by atoms with Crippen LogP contribution in [-0.4, -0.2) is 61.0 Å². The lowest BCUT2D eigenvalue weighted by Crippen LogP contribution is -2.33. The Morgan fingerprint density at radius 3 is 2.31 bits per heavy atom. The van der Waals surface area contributed by atoms with Gasteiger partial charge in [-0.15, -0.1) is 5.10 Å². The second-order valence-corrected chi connectivity index (χ2v) is 7.43. The number of aliphatic hydroxyl groups is 3. The number of ketones is 1. The maximum Gasteiger partial charge on any atom is 0.187 e. The minimum absolute atomic E-state index is 0.132. The molecule has 0 spiro atoms. The van der Waals surface area contributed by atoms with Crippen LogP contribution in [-0.2, 0) is 11.3 Å². The van der Waals surface area contributed by atoms with Crippen molar-refractivity contribution < 1.29 is 24.9 Å². The third kappa shape index (κ3) is 4.76. The van der Waals surface area contributed by atoms with Gasteiger partial charge in [0.25, 0.3) is 0 Å². The second kappa shape index (κ2) is 9.84. The van der Waals surface area contributed by atoms with Gasteiger partial charge >= 0.3 is 0 Å². The molecule has 2 heterocycles. The number of ether oxygens (including phenoxy) is 1. The molecule has 1 saturated heterocycles. The van der Waals surface area contributed by atoms with Gasteiger partial charge in [0.15, 0.2) is 12.0 Å². The number of aliphatic hydroxyl groups excluding tert-OH is 3. The van der Waals surface area contributed by atoms with Crippen molar-refractivity contribution in [3.63, 3.8) is 0 Å². The first kappa shape index (κ1) is 21.8. The maximum atomic E-state index is 12.7. The Hall–Kier alpha value is -3.37. The van der Waals surface area contributed by atoms with E-state index in [0.29, 0.717) is 17.0 Å². The summed E-state index contributed by atoms with van der Waals surface area (Å²) in [5.74, 6) is -0.132. The Labute approximate surface area is 184 Å². The van der Waals surface area contributed by atoms with E-state index in [1.807, 2.05) is 48.5 Å². The van der Waals surface area contributed by atoms with E-state index < -0.39 is 31.1 Å². The van der Waals surface area contributed by atoms with Crippen molar-refractivity contribution in [1.82, 2.24) is 20.3 Å². The molecule has 32 heavy (non-hydrogen) atoms. The SMILES string of the molecule is O=C(C=C(NCc1cn([C@@H]2O[C@H](CO)[C@@H](O)[C@H]2O)nn1)c1ccccc1)c1ccccc1. The standard InChI is InChI=1S/C23H24N4O5/c28-14-20-21(30)22(31)23(32-20)27-13-17(25-26-27)12-24-18(15-7-3-1-4-8-15)11-19(29)16-9-5-2-6-10-16/h1-11,13,20-24,28,30-31H,12,14H2/t20-,21-,22-,23-/m1/s1. The summed E-state index contributed by atoms with van der Waals surface area (Å²) >= 11 is 0. The number of nitrogens with one attached hydrogen (secondary N) is 1. The minimum atomic E-state index is -1.24. The van der Waals surface area contributed by atoms with Crippen molar-refractivity contribution >= 4 is 11.5 Å². The highest BCUT2D eigenvalue weighted by atomic mass is 16.6. The number of carbonyl (C=O) groups excluding carboxylic acids is 1. The summed E-state index contributed by atoms with van der Waals surface area (Å²) in [6.45, 7) is -0.157. The van der Waals surface area contributed by atoms with Gasteiger partial charge in [0.2, 0.25) is 0 Å². The molecule has 0 aliphatic carbocycles. The number of aromatic nitrogens is 3. The number of nitrogens with zero attached hydrogens (tertiary/aromatic N) is 3. The van der Waals surface area contributed by atoms with Crippen LogP contribution >= 0.6 is 0 Å². The summed E-state index contributed by atoms with van der Waals surface area (Å²) in [6, 6.07) is 18.5. The molecule has 9 nitrogen and oxygen atoms in total. The topological polar surface area (TPSA) is 130 Å². The Morgan fingerprint density at radius 1 is 1.03 bits per heavy atom. The van der Waals surface area contributed by atoms with Crippen molar-refractivity contribution in [1.29, 1.82) is 0 Å². The third-order valence-corrected chi connectivity index (χ3v) is 5.21. The van der Waals surface area contributed by atoms with Gasteiger partial charge in [0, 0.05) is 17.3 Å². The fraction of sp³-hybridized carbons (Fsp3) is 0.261. The molecule has 0 saturated carbocycles. The molecule has 4 atom stereocenters. The van der Waals surface area contributed by atoms with E-state index in [-0.39, 0.29) is 12.3 Å². The Balaban J connectivity index is 1.50. The molecule has 4 rings (SSSR count). The zero-order valence-electron chi connectivity index (χ0n) is 17.2. The molecule has 9 heteroatoms. The molecule has 1 aliphatic rings. The van der Waals surface area contributed by atoms with Crippen LogP contribution < -0.4 is 5.32 Å². The van der Waals surface area contributed by atoms with E-state index >= 15 is 0 Å². The lowest BCUT2D eigenvalue weighted by molar-refractivity contribution is -0.0594. The van der Waals surface area contributed by atoms with Gasteiger partial charge in [-0.2, -0.15) is 0 Å². The Morgan fingerprint density at radius 2 is 1.69 bits per heavy atom. The van der Waals surface area contributed by atoms with Gasteiger partial charge in [-0.25, -0.2) is 4.68 Å². The molecular formula is C23H24N4O5. The zero-order valence-corrected chi connectivity index (χ0v) is 17.2. The van der Waals surface area contributed by atoms with Crippen molar-refractivity contribution in [2.24, 2.45) is 0 Å². The molecule has 166 valence electrons. The fourth-order valence-electron chi connectivity index (χ4n) is 3.47. The molecule has 0 radical (unpaired) electrons. The predicted molar refractivity (Wildman–Crippen MR) is 115 cm³/mol. The third-order valence-electron chi connectivity index (χ3n) is 5.21. The highest BCUT2D eigenvalue weighted by Gasteiger charge is 2.43. The van der Waals surface area contributed by atoms with E-state index in [4.69, 9.17) is 4.74 Å². The van der Waals surface area contributed by atoms with Gasteiger partial charge < -0.3 is 25.4 Å². The van der Waals surface area contributed by atoms with E-state index in [1.165, 1.54) is 4.68 Å². The van der Waals surface area contributed by atoms with Gasteiger partial charge in [0.05, 0.1) is 19.3 Å². The van der Waals surface area contributed by atoms with E-state index in [1.54, 1.807) is 24.4 Å². The molecule has 1 fully saturated rings. The van der Waals surface area contributed by atoms with Gasteiger partial charge in [-0.05, 0) is 5.56 Å². The van der Waals surface area contributed by atoms with Crippen molar-refractivity contribution in [3.8, 4) is 0 Å². The molecule has 1 aromatic heterocycles. The summed E-state index contributed by atoms with van der Waals surface area (Å²) in [5, 5.41) is 40.6. The Bertz CT molecular complexity index is 1070. The first-order valence-electron chi connectivity index (χ1n) is 10.2. The maximum absolute atomic E-state index is 12.7. The van der Waals surface area contributed by atoms with Crippen LogP contribution in [0.1, 0.15) is 27.8 Å². The molecule has 0 amide bonds. The number of carbonyl (C=O) groups is 1. The van der Waals surface area contributed by atoms with Crippen LogP contribution in [0, 0.1) is 0 Å². The van der Waals surface area contributed by atoms with Gasteiger partial charge in [0.1, 0.15) is 24.0 Å². The number of hydrogen-bond acceptors (Lipinski definition) is 8. The van der Waals surface area contributed by atoms with Crippen molar-refractivity contribution in [3.05, 3.63) is 89.8 Å². The molecule has 4 N–H and O–H groups in total. The molecule has 3 aromatic rings. The highest BCUT2D eigenvalue weighted by molar-refractivity contribution is 6.08. The number of benzene rings is 2. The van der Waals surface area contributed by atoms with E-state index in [2.05, 4.69) is 15.6 Å². The van der Waals surface area contributed by atoms with E-state index in [9.17, 15) is 20.1 Å². The van der Waals surface area contributed by atoms with Crippen LogP contribution in [0.3, 0.4) is 0 Å². The highest BCUT2D eigenvalue weighted by Crippen LogP contribution is 2.28. The van der Waals surface area contributed by atoms with Crippen molar-refractivity contribution in [2.45, 2.75) is 31.1 Å². The molecule has 2 aromatic carbocycles. The predicted octanol–water partition coefficient (Wildman–Crippen LogP) is 0.903. The number of hydrogen-bond donors (Lipinski definition) is 4. The molecule has 0 unspecified atom stereocenters. The van der Waals surface area contributed by atoms with Crippen LogP contribution in [0.2, 0.25) is 0 Å². The summed E-state index contributed by atoms with van der Waals surface area (Å²) in [5.41, 5.74) is 2.59. The first-order valence-corrected chi connectivity index (χ1v) is 10.2. The minimum Gasteiger partial charge on any atom is -0.394 e. The summed E-state index contributed by atoms with van der Waals surface area (Å²) < 4.78 is 6.77. The smallest absolute Gasteiger partial charge is 0.187 e. The number of allylic oxidation sites excluding steroid dienone is 1. The van der Waals surface area contributed by atoms with Crippen LogP contribution in [0.15, 0.2) is 72.9 Å². The zero-order chi connectivity index (χ0) is 22.5. The summed E-state index contributed by atoms with van der Waals surface area (Å²) in [7, 11) is 0. The largest absolute Gasteiger partial charge is 0.394 e. The monoisotopic (exact) mass is 436 g/mol. The van der Waals surface area contributed by atoms with Crippen LogP contribution in [0.4, 0.5) is 0 Å². The normalized spacial score (nSPS) is 23.3. The number of rotatable bonds is 8. The summed E-state index contributed by atoms with van der Waals surface area (Å²) in [4.78, 5) is 12.7. The Kier molecular flexibility index (Phi) is 6.72. The average molecular weight is 436 g/mol. The van der Waals surface area contributed by atoms with Crippen molar-refractivity contribution in [2.75, 3.05) is 6.61 Å². The first-order chi connectivity index (χ1) is 15.6. The molecular weight excluding hydrogens is 412 g/mol. The molecule has 1 aliphatic heterocycles. The molecule has 0 bridgehead atoms. The fourth-order valence-corrected chi connectivity index (χ4v) is 3.47. The van der Waals surface area contributed by atoms with E-state index in [0.717, 1.165) is 5.56 Å².